The summed E-state index contributed by atoms with van der Waals surface area (Å²) in [7, 11) is 0. The number of amides is 3. The van der Waals surface area contributed by atoms with Gasteiger partial charge >= 0.3 is 11.9 Å². The lowest BCUT2D eigenvalue weighted by atomic mass is 9.49. The molecule has 13 rings (SSSR count). The van der Waals surface area contributed by atoms with E-state index in [2.05, 4.69) is 40.2 Å². The monoisotopic (exact) mass is 937 g/mol. The van der Waals surface area contributed by atoms with Crippen LogP contribution in [0.1, 0.15) is 110 Å². The van der Waals surface area contributed by atoms with E-state index in [9.17, 15) is 14.4 Å². The highest BCUT2D eigenvalue weighted by Crippen LogP contribution is 2.61. The molecule has 3 atom stereocenters. The lowest BCUT2D eigenvalue weighted by Gasteiger charge is -2.57. The molecule has 1 heterocycles. The zero-order chi connectivity index (χ0) is 47.1. The van der Waals surface area contributed by atoms with Crippen molar-refractivity contribution in [2.75, 3.05) is 11.9 Å². The predicted molar refractivity (Wildman–Crippen MR) is 263 cm³/mol. The molecule has 0 saturated heterocycles. The molecule has 5 aromatic carbocycles. The van der Waals surface area contributed by atoms with E-state index in [4.69, 9.17) is 9.47 Å². The van der Waals surface area contributed by atoms with Gasteiger partial charge in [0.25, 0.3) is 0 Å². The number of carbonyl (C=O) groups excluding carboxylic acids is 5. The first-order chi connectivity index (χ1) is 33.7. The smallest absolute Gasteiger partial charge is 0.338 e. The number of carbonyl (C=O) groups is 5. The molecule has 4 saturated carbocycles. The highest BCUT2D eigenvalue weighted by atomic mass is 32.1. The minimum absolute atomic E-state index is 0.00194. The first-order valence-electron chi connectivity index (χ1n) is 24.3. The minimum atomic E-state index is -1.10. The average Bonchev–Trinajstić information content (AvgIpc) is 3.89. The number of anilines is 1. The minimum Gasteiger partial charge on any atom is -0.457 e. The number of nitrogens with one attached hydrogen (secondary N) is 3. The van der Waals surface area contributed by atoms with Gasteiger partial charge in [-0.2, -0.15) is 11.3 Å². The van der Waals surface area contributed by atoms with Crippen molar-refractivity contribution in [3.05, 3.63) is 194 Å². The molecule has 7 aliphatic rings. The Labute approximate surface area is 406 Å². The Balaban J connectivity index is 0.893. The van der Waals surface area contributed by atoms with Gasteiger partial charge in [0.1, 0.15) is 19.3 Å². The molecule has 3 amide bonds. The molecule has 11 heteroatoms. The molecule has 0 radical (unpaired) electrons. The van der Waals surface area contributed by atoms with Crippen LogP contribution in [0.2, 0.25) is 0 Å². The molecule has 6 bridgehead atoms. The van der Waals surface area contributed by atoms with Gasteiger partial charge in [0.2, 0.25) is 17.7 Å². The lowest BCUT2D eigenvalue weighted by molar-refractivity contribution is -0.139. The summed E-state index contributed by atoms with van der Waals surface area (Å²) in [6.07, 6.45) is 7.54. The average molecular weight is 938 g/mol. The molecule has 1 aromatic heterocycles. The zero-order valence-corrected chi connectivity index (χ0v) is 39.1. The molecule has 4 fully saturated rings. The summed E-state index contributed by atoms with van der Waals surface area (Å²) in [6, 6.07) is 39.9. The highest BCUT2D eigenvalue weighted by molar-refractivity contribution is 7.07. The number of hydrogen-bond donors (Lipinski definition) is 3. The number of fused-ring (bicyclic) bond motifs is 1. The molecule has 6 aromatic rings. The maximum atomic E-state index is 15.4. The Morgan fingerprint density at radius 1 is 0.580 bits per heavy atom. The number of benzene rings is 5. The normalized spacial score (nSPS) is 24.8. The SMILES string of the molecule is O=C(OCc1ccccc1)c1cc(NC(=O)[C@H](Cc2ccsc2)NC(=O)[C@@H]2C3c4ccccc4C(c4ccccc43)[C@@H]2C(=O)NCC23CC4CC(CC(C4)C2)C3)cc(C(=O)OCc2ccccc2)c1. The predicted octanol–water partition coefficient (Wildman–Crippen LogP) is 9.98. The van der Waals surface area contributed by atoms with E-state index in [1.165, 1.54) is 48.8 Å². The third kappa shape index (κ3) is 9.12. The summed E-state index contributed by atoms with van der Waals surface area (Å²) in [5.41, 5.74) is 6.89. The van der Waals surface area contributed by atoms with Gasteiger partial charge in [0, 0.05) is 30.5 Å². The summed E-state index contributed by atoms with van der Waals surface area (Å²) >= 11 is 1.48. The van der Waals surface area contributed by atoms with Crippen LogP contribution in [-0.4, -0.2) is 42.2 Å². The van der Waals surface area contributed by atoms with Gasteiger partial charge in [-0.1, -0.05) is 109 Å². The third-order valence-corrected chi connectivity index (χ3v) is 16.3. The quantitative estimate of drug-likeness (QED) is 0.0872. The number of thiophene rings is 1. The Bertz CT molecular complexity index is 2740. The maximum absolute atomic E-state index is 15.4. The molecule has 10 nitrogen and oxygen atoms in total. The molecule has 69 heavy (non-hydrogen) atoms. The van der Waals surface area contributed by atoms with Crippen LogP contribution in [-0.2, 0) is 43.5 Å². The van der Waals surface area contributed by atoms with E-state index < -0.39 is 41.6 Å². The summed E-state index contributed by atoms with van der Waals surface area (Å²) in [6.45, 7) is 0.612. The van der Waals surface area contributed by atoms with E-state index in [0.717, 1.165) is 76.0 Å². The number of rotatable bonds is 15. The van der Waals surface area contributed by atoms with Crippen LogP contribution in [0.3, 0.4) is 0 Å². The zero-order valence-electron chi connectivity index (χ0n) is 38.3. The van der Waals surface area contributed by atoms with Crippen molar-refractivity contribution in [2.24, 2.45) is 35.0 Å². The van der Waals surface area contributed by atoms with Gasteiger partial charge in [-0.15, -0.1) is 0 Å². The van der Waals surface area contributed by atoms with Crippen molar-refractivity contribution >= 4 is 46.7 Å². The van der Waals surface area contributed by atoms with Gasteiger partial charge in [0.05, 0.1) is 23.0 Å². The molecular formula is C58H55N3O7S. The van der Waals surface area contributed by atoms with E-state index in [1.807, 2.05) is 102 Å². The van der Waals surface area contributed by atoms with Crippen LogP contribution in [0.25, 0.3) is 0 Å². The van der Waals surface area contributed by atoms with Gasteiger partial charge < -0.3 is 25.4 Å². The van der Waals surface area contributed by atoms with E-state index >= 15 is 9.59 Å². The summed E-state index contributed by atoms with van der Waals surface area (Å²) < 4.78 is 11.3. The molecule has 0 spiro atoms. The summed E-state index contributed by atoms with van der Waals surface area (Å²) in [4.78, 5) is 72.6. The van der Waals surface area contributed by atoms with Crippen LogP contribution in [0.5, 0.6) is 0 Å². The van der Waals surface area contributed by atoms with Crippen LogP contribution in [0.4, 0.5) is 5.69 Å². The van der Waals surface area contributed by atoms with Crippen molar-refractivity contribution < 1.29 is 33.4 Å². The van der Waals surface area contributed by atoms with E-state index in [1.54, 1.807) is 0 Å². The standard InChI is InChI=1S/C58H55N3O7S/c62-53(60-43-26-41(56(65)67-31-35-11-3-1-4-12-35)25-42(27-43)57(66)68-32-36-13-5-2-6-14-36)48(24-37-19-20-69-33-37)61-55(64)52-50-46-17-9-7-15-44(46)49(45-16-8-10-18-47(45)50)51(52)54(63)59-34-58-28-38-21-39(29-58)23-40(22-38)30-58/h1-20,25-27,33,38-40,48-52H,21-24,28-32,34H2,(H,59,63)(H,60,62)(H,61,64)/t38?,39?,40?,48-,49?,50?,51-,52+,58?/m0/s1. The molecular weight excluding hydrogens is 883 g/mol. The maximum Gasteiger partial charge on any atom is 0.338 e. The summed E-state index contributed by atoms with van der Waals surface area (Å²) in [5.74, 6) is -2.58. The molecule has 0 aliphatic heterocycles. The fourth-order valence-corrected chi connectivity index (χ4v) is 13.8. The number of ether oxygens (including phenoxy) is 2. The van der Waals surface area contributed by atoms with Gasteiger partial charge in [-0.25, -0.2) is 9.59 Å². The fraction of sp³-hybridized carbons (Fsp3) is 0.328. The van der Waals surface area contributed by atoms with Crippen molar-refractivity contribution in [3.8, 4) is 0 Å². The van der Waals surface area contributed by atoms with Crippen LogP contribution in [0.15, 0.2) is 144 Å². The summed E-state index contributed by atoms with van der Waals surface area (Å²) in [5, 5.41) is 13.4. The van der Waals surface area contributed by atoms with Crippen LogP contribution < -0.4 is 16.0 Å². The first-order valence-corrected chi connectivity index (χ1v) is 25.3. The van der Waals surface area contributed by atoms with Crippen molar-refractivity contribution in [3.63, 3.8) is 0 Å². The van der Waals surface area contributed by atoms with E-state index in [-0.39, 0.29) is 59.6 Å². The Morgan fingerprint density at radius 3 is 1.54 bits per heavy atom. The number of esters is 2. The van der Waals surface area contributed by atoms with Crippen LogP contribution >= 0.6 is 11.3 Å². The third-order valence-electron chi connectivity index (χ3n) is 15.6. The van der Waals surface area contributed by atoms with Crippen LogP contribution in [0, 0.1) is 35.0 Å². The fourth-order valence-electron chi connectivity index (χ4n) is 13.1. The Morgan fingerprint density at radius 2 is 1.06 bits per heavy atom. The van der Waals surface area contributed by atoms with Crippen molar-refractivity contribution in [1.82, 2.24) is 10.6 Å². The molecule has 0 unspecified atom stereocenters. The highest BCUT2D eigenvalue weighted by Gasteiger charge is 2.56. The number of hydrogen-bond acceptors (Lipinski definition) is 8. The largest absolute Gasteiger partial charge is 0.457 e. The molecule has 350 valence electrons. The second-order valence-electron chi connectivity index (χ2n) is 20.2. The molecule has 7 aliphatic carbocycles. The lowest BCUT2D eigenvalue weighted by Crippen LogP contribution is -2.57. The second kappa shape index (κ2) is 18.9. The van der Waals surface area contributed by atoms with Gasteiger partial charge in [-0.05, 0) is 136 Å². The first kappa shape index (κ1) is 44.6. The van der Waals surface area contributed by atoms with Gasteiger partial charge in [-0.3, -0.25) is 14.4 Å². The van der Waals surface area contributed by atoms with Gasteiger partial charge in [0.15, 0.2) is 0 Å². The second-order valence-corrected chi connectivity index (χ2v) is 21.0. The topological polar surface area (TPSA) is 140 Å². The van der Waals surface area contributed by atoms with Crippen molar-refractivity contribution in [1.29, 1.82) is 0 Å². The van der Waals surface area contributed by atoms with E-state index in [0.29, 0.717) is 6.54 Å². The Hall–Kier alpha value is -6.85. The van der Waals surface area contributed by atoms with Crippen molar-refractivity contribution in [2.45, 2.75) is 76.0 Å². The molecule has 3 N–H and O–H groups in total. The Kier molecular flexibility index (Phi) is 12.2.